The van der Waals surface area contributed by atoms with Crippen LogP contribution in [0, 0.1) is 17.8 Å². The van der Waals surface area contributed by atoms with Crippen LogP contribution in [0.2, 0.25) is 0 Å². The summed E-state index contributed by atoms with van der Waals surface area (Å²) in [5.41, 5.74) is 2.35. The maximum Gasteiger partial charge on any atom is 0.334 e. The van der Waals surface area contributed by atoms with Gasteiger partial charge >= 0.3 is 11.9 Å². The number of fused-ring (bicyclic) bond motifs is 3. The van der Waals surface area contributed by atoms with Crippen LogP contribution < -0.4 is 0 Å². The molecule has 0 unspecified atom stereocenters. The number of ether oxygens (including phenoxy) is 2. The number of hydrogen-bond donors (Lipinski definition) is 1. The second-order valence-electron chi connectivity index (χ2n) is 7.16. The Morgan fingerprint density at radius 2 is 2.00 bits per heavy atom. The highest BCUT2D eigenvalue weighted by molar-refractivity contribution is 5.92. The van der Waals surface area contributed by atoms with Gasteiger partial charge in [-0.15, -0.1) is 0 Å². The standard InChI is InChI=1S/C20H24O5/c1-6-9(2)19(22)24-15-7-10(3)13-8-14(21)11(4)16(13)18-17(15)12(5)20(23)25-18/h6,13-18,21H,3-5,7-8H2,1-2H3/b9-6-/t13-,14-,15-,16-,17+,18+/m0/s1. The van der Waals surface area contributed by atoms with Crippen molar-refractivity contribution in [1.82, 2.24) is 0 Å². The number of allylic oxidation sites excluding steroid dienone is 1. The Morgan fingerprint density at radius 3 is 2.64 bits per heavy atom. The number of aliphatic hydroxyl groups is 1. The van der Waals surface area contributed by atoms with Gasteiger partial charge in [-0.1, -0.05) is 31.4 Å². The molecule has 0 aromatic carbocycles. The quantitative estimate of drug-likeness (QED) is 0.473. The van der Waals surface area contributed by atoms with Gasteiger partial charge in [-0.05, 0) is 31.8 Å². The largest absolute Gasteiger partial charge is 0.458 e. The summed E-state index contributed by atoms with van der Waals surface area (Å²) >= 11 is 0. The average molecular weight is 344 g/mol. The fourth-order valence-corrected chi connectivity index (χ4v) is 4.22. The van der Waals surface area contributed by atoms with Gasteiger partial charge in [0.2, 0.25) is 0 Å². The molecule has 6 atom stereocenters. The third-order valence-electron chi connectivity index (χ3n) is 5.78. The molecule has 0 aromatic rings. The van der Waals surface area contributed by atoms with Crippen LogP contribution in [0.4, 0.5) is 0 Å². The SMILES string of the molecule is C=C1C(=O)O[C@@H]2[C@H]3C(=C)[C@@H](O)C[C@H]3C(=C)C[C@H](OC(=O)/C(C)=C\C)[C@@H]12. The zero-order chi connectivity index (χ0) is 18.5. The normalized spacial score (nSPS) is 38.1. The Balaban J connectivity index is 1.98. The Morgan fingerprint density at radius 1 is 1.32 bits per heavy atom. The third kappa shape index (κ3) is 2.76. The summed E-state index contributed by atoms with van der Waals surface area (Å²) in [4.78, 5) is 24.4. The molecular formula is C20H24O5. The lowest BCUT2D eigenvalue weighted by Gasteiger charge is -2.28. The van der Waals surface area contributed by atoms with Crippen molar-refractivity contribution >= 4 is 11.9 Å². The molecule has 1 saturated heterocycles. The summed E-state index contributed by atoms with van der Waals surface area (Å²) < 4.78 is 11.3. The van der Waals surface area contributed by atoms with Crippen molar-refractivity contribution in [2.45, 2.75) is 45.0 Å². The maximum atomic E-state index is 12.3. The third-order valence-corrected chi connectivity index (χ3v) is 5.78. The number of rotatable bonds is 2. The van der Waals surface area contributed by atoms with E-state index < -0.39 is 36.2 Å². The van der Waals surface area contributed by atoms with E-state index in [0.717, 1.165) is 5.57 Å². The number of carbonyl (C=O) groups excluding carboxylic acids is 2. The van der Waals surface area contributed by atoms with Gasteiger partial charge in [-0.3, -0.25) is 0 Å². The van der Waals surface area contributed by atoms with E-state index in [4.69, 9.17) is 9.47 Å². The van der Waals surface area contributed by atoms with Crippen molar-refractivity contribution < 1.29 is 24.2 Å². The minimum absolute atomic E-state index is 0.0415. The highest BCUT2D eigenvalue weighted by Crippen LogP contribution is 2.52. The zero-order valence-corrected chi connectivity index (χ0v) is 14.7. The van der Waals surface area contributed by atoms with Gasteiger partial charge in [0.15, 0.2) is 0 Å². The lowest BCUT2D eigenvalue weighted by atomic mass is 9.81. The average Bonchev–Trinajstić information content (AvgIpc) is 2.99. The molecule has 0 amide bonds. The molecule has 2 aliphatic carbocycles. The topological polar surface area (TPSA) is 72.8 Å². The number of carbonyl (C=O) groups is 2. The van der Waals surface area contributed by atoms with Crippen molar-refractivity contribution in [3.63, 3.8) is 0 Å². The molecule has 0 spiro atoms. The first-order valence-electron chi connectivity index (χ1n) is 8.54. The Kier molecular flexibility index (Phi) is 4.45. The van der Waals surface area contributed by atoms with Crippen molar-refractivity contribution in [1.29, 1.82) is 0 Å². The van der Waals surface area contributed by atoms with Gasteiger partial charge in [-0.2, -0.15) is 0 Å². The fourth-order valence-electron chi connectivity index (χ4n) is 4.22. The van der Waals surface area contributed by atoms with Crippen molar-refractivity contribution in [2.75, 3.05) is 0 Å². The highest BCUT2D eigenvalue weighted by Gasteiger charge is 2.56. The van der Waals surface area contributed by atoms with Gasteiger partial charge in [0.1, 0.15) is 12.2 Å². The smallest absolute Gasteiger partial charge is 0.334 e. The first-order chi connectivity index (χ1) is 11.8. The molecule has 0 radical (unpaired) electrons. The molecule has 3 rings (SSSR count). The lowest BCUT2D eigenvalue weighted by Crippen LogP contribution is -2.36. The van der Waals surface area contributed by atoms with Crippen molar-refractivity contribution in [2.24, 2.45) is 17.8 Å². The Hall–Kier alpha value is -2.14. The molecule has 1 N–H and O–H groups in total. The monoisotopic (exact) mass is 344 g/mol. The van der Waals surface area contributed by atoms with Gasteiger partial charge < -0.3 is 14.6 Å². The van der Waals surface area contributed by atoms with E-state index in [1.54, 1.807) is 19.9 Å². The molecule has 3 fully saturated rings. The summed E-state index contributed by atoms with van der Waals surface area (Å²) in [7, 11) is 0. The second-order valence-corrected chi connectivity index (χ2v) is 7.16. The predicted octanol–water partition coefficient (Wildman–Crippen LogP) is 2.48. The molecule has 1 heterocycles. The van der Waals surface area contributed by atoms with Crippen LogP contribution >= 0.6 is 0 Å². The van der Waals surface area contributed by atoms with Crippen LogP contribution in [0.25, 0.3) is 0 Å². The molecule has 0 aromatic heterocycles. The van der Waals surface area contributed by atoms with Gasteiger partial charge in [0.25, 0.3) is 0 Å². The van der Waals surface area contributed by atoms with Gasteiger partial charge in [0, 0.05) is 23.5 Å². The first-order valence-corrected chi connectivity index (χ1v) is 8.54. The first kappa shape index (κ1) is 17.7. The summed E-state index contributed by atoms with van der Waals surface area (Å²) in [5.74, 6) is -1.60. The molecule has 134 valence electrons. The summed E-state index contributed by atoms with van der Waals surface area (Å²) in [5, 5.41) is 10.2. The van der Waals surface area contributed by atoms with E-state index in [0.29, 0.717) is 29.6 Å². The Bertz CT molecular complexity index is 701. The molecule has 3 aliphatic rings. The number of esters is 2. The van der Waals surface area contributed by atoms with Crippen LogP contribution in [0.1, 0.15) is 26.7 Å². The van der Waals surface area contributed by atoms with E-state index in [1.165, 1.54) is 0 Å². The predicted molar refractivity (Wildman–Crippen MR) is 92.3 cm³/mol. The fraction of sp³-hybridized carbons (Fsp3) is 0.500. The molecule has 5 nitrogen and oxygen atoms in total. The van der Waals surface area contributed by atoms with E-state index in [2.05, 4.69) is 19.7 Å². The minimum atomic E-state index is -0.635. The van der Waals surface area contributed by atoms with Crippen LogP contribution in [0.3, 0.4) is 0 Å². The minimum Gasteiger partial charge on any atom is -0.458 e. The maximum absolute atomic E-state index is 12.3. The number of aliphatic hydroxyl groups excluding tert-OH is 1. The van der Waals surface area contributed by atoms with Crippen LogP contribution in [-0.2, 0) is 19.1 Å². The molecule has 0 bridgehead atoms. The summed E-state index contributed by atoms with van der Waals surface area (Å²) in [6.45, 7) is 15.5. The van der Waals surface area contributed by atoms with Gasteiger partial charge in [-0.25, -0.2) is 9.59 Å². The lowest BCUT2D eigenvalue weighted by molar-refractivity contribution is -0.148. The van der Waals surface area contributed by atoms with Crippen molar-refractivity contribution in [3.8, 4) is 0 Å². The van der Waals surface area contributed by atoms with Crippen LogP contribution in [-0.4, -0.2) is 35.4 Å². The Labute approximate surface area is 147 Å². The van der Waals surface area contributed by atoms with Gasteiger partial charge in [0.05, 0.1) is 12.0 Å². The highest BCUT2D eigenvalue weighted by atomic mass is 16.6. The molecule has 5 heteroatoms. The van der Waals surface area contributed by atoms with Crippen molar-refractivity contribution in [3.05, 3.63) is 48.1 Å². The van der Waals surface area contributed by atoms with Crippen LogP contribution in [0.15, 0.2) is 48.1 Å². The molecule has 2 saturated carbocycles. The number of hydrogen-bond acceptors (Lipinski definition) is 5. The molecule has 25 heavy (non-hydrogen) atoms. The van der Waals surface area contributed by atoms with E-state index in [9.17, 15) is 14.7 Å². The summed E-state index contributed by atoms with van der Waals surface area (Å²) in [6.07, 6.45) is 0.880. The molecule has 1 aliphatic heterocycles. The van der Waals surface area contributed by atoms with Crippen LogP contribution in [0.5, 0.6) is 0 Å². The van der Waals surface area contributed by atoms with E-state index in [-0.39, 0.29) is 11.8 Å². The zero-order valence-electron chi connectivity index (χ0n) is 14.7. The van der Waals surface area contributed by atoms with E-state index in [1.807, 2.05) is 0 Å². The molecular weight excluding hydrogens is 320 g/mol. The summed E-state index contributed by atoms with van der Waals surface area (Å²) in [6, 6.07) is 0. The van der Waals surface area contributed by atoms with E-state index >= 15 is 0 Å². The second kappa shape index (κ2) is 6.30.